The monoisotopic (exact) mass is 1320 g/mol. The number of ether oxygens (including phenoxy) is 4. The maximum Gasteiger partial charge on any atom is 0.472 e. The van der Waals surface area contributed by atoms with Gasteiger partial charge in [0, 0.05) is 25.7 Å². The summed E-state index contributed by atoms with van der Waals surface area (Å²) in [5.74, 6) is 0.844. The maximum atomic E-state index is 13.0. The van der Waals surface area contributed by atoms with Crippen LogP contribution in [0.5, 0.6) is 0 Å². The fourth-order valence-corrected chi connectivity index (χ4v) is 12.2. The molecule has 17 nitrogen and oxygen atoms in total. The van der Waals surface area contributed by atoms with Crippen molar-refractivity contribution in [1.29, 1.82) is 0 Å². The molecule has 0 saturated carbocycles. The number of hydrogen-bond donors (Lipinski definition) is 3. The summed E-state index contributed by atoms with van der Waals surface area (Å²) in [5.41, 5.74) is 0. The Balaban J connectivity index is 5.19. The number of aliphatic hydroxyl groups excluding tert-OH is 1. The number of phosphoric ester groups is 2. The van der Waals surface area contributed by atoms with Gasteiger partial charge in [-0.05, 0) is 49.4 Å². The molecule has 534 valence electrons. The summed E-state index contributed by atoms with van der Waals surface area (Å²) in [6, 6.07) is 0. The molecule has 0 radical (unpaired) electrons. The predicted molar refractivity (Wildman–Crippen MR) is 363 cm³/mol. The topological polar surface area (TPSA) is 237 Å². The first-order valence-electron chi connectivity index (χ1n) is 36.7. The van der Waals surface area contributed by atoms with Crippen molar-refractivity contribution in [1.82, 2.24) is 0 Å². The highest BCUT2D eigenvalue weighted by atomic mass is 31.2. The number of aliphatic hydroxyl groups is 1. The lowest BCUT2D eigenvalue weighted by Crippen LogP contribution is -2.30. The van der Waals surface area contributed by atoms with Gasteiger partial charge in [0.05, 0.1) is 26.4 Å². The number of phosphoric acid groups is 2. The molecule has 19 heteroatoms. The lowest BCUT2D eigenvalue weighted by Gasteiger charge is -2.21. The van der Waals surface area contributed by atoms with E-state index in [2.05, 4.69) is 55.4 Å². The first-order chi connectivity index (χ1) is 43.1. The second-order valence-corrected chi connectivity index (χ2v) is 30.2. The Hall–Kier alpha value is -1.94. The summed E-state index contributed by atoms with van der Waals surface area (Å²) in [7, 11) is -9.90. The van der Waals surface area contributed by atoms with Crippen LogP contribution in [0, 0.1) is 23.7 Å². The van der Waals surface area contributed by atoms with Crippen LogP contribution in [0.15, 0.2) is 0 Å². The van der Waals surface area contributed by atoms with E-state index in [9.17, 15) is 43.2 Å². The molecule has 0 amide bonds. The second kappa shape index (κ2) is 60.7. The molecule has 0 aromatic carbocycles. The molecule has 0 bridgehead atoms. The Morgan fingerprint density at radius 3 is 0.789 bits per heavy atom. The van der Waals surface area contributed by atoms with E-state index in [4.69, 9.17) is 37.0 Å². The third kappa shape index (κ3) is 63.5. The van der Waals surface area contributed by atoms with Gasteiger partial charge in [0.25, 0.3) is 0 Å². The lowest BCUT2D eigenvalue weighted by atomic mass is 9.99. The summed E-state index contributed by atoms with van der Waals surface area (Å²) in [4.78, 5) is 72.5. The fourth-order valence-electron chi connectivity index (χ4n) is 10.6. The van der Waals surface area contributed by atoms with E-state index in [1.54, 1.807) is 0 Å². The Morgan fingerprint density at radius 2 is 0.533 bits per heavy atom. The molecular weight excluding hydrogens is 1190 g/mol. The Labute approximate surface area is 549 Å². The Bertz CT molecular complexity index is 1780. The van der Waals surface area contributed by atoms with Crippen LogP contribution in [0.2, 0.25) is 0 Å². The zero-order valence-corrected chi connectivity index (χ0v) is 60.6. The van der Waals surface area contributed by atoms with Crippen molar-refractivity contribution in [3.63, 3.8) is 0 Å². The van der Waals surface area contributed by atoms with E-state index in [1.807, 2.05) is 0 Å². The van der Waals surface area contributed by atoms with Crippen molar-refractivity contribution in [2.24, 2.45) is 23.7 Å². The van der Waals surface area contributed by atoms with Crippen molar-refractivity contribution in [2.75, 3.05) is 39.6 Å². The largest absolute Gasteiger partial charge is 0.472 e. The average Bonchev–Trinajstić information content (AvgIpc) is 3.13. The highest BCUT2D eigenvalue weighted by Gasteiger charge is 2.30. The minimum absolute atomic E-state index is 0.103. The minimum Gasteiger partial charge on any atom is -0.462 e. The molecule has 0 spiro atoms. The minimum atomic E-state index is -4.95. The van der Waals surface area contributed by atoms with Crippen molar-refractivity contribution < 1.29 is 80.2 Å². The molecule has 0 aliphatic carbocycles. The average molecular weight is 1330 g/mol. The van der Waals surface area contributed by atoms with Crippen LogP contribution in [-0.4, -0.2) is 96.7 Å². The van der Waals surface area contributed by atoms with Crippen molar-refractivity contribution >= 4 is 39.5 Å². The van der Waals surface area contributed by atoms with E-state index in [-0.39, 0.29) is 25.7 Å². The van der Waals surface area contributed by atoms with Crippen LogP contribution in [0.4, 0.5) is 0 Å². The summed E-state index contributed by atoms with van der Waals surface area (Å²) in [6.07, 6.45) is 43.3. The van der Waals surface area contributed by atoms with Gasteiger partial charge < -0.3 is 33.8 Å². The fraction of sp³-hybridized carbons (Fsp3) is 0.944. The molecule has 0 saturated heterocycles. The standard InChI is InChI=1S/C71H138O17P2/c1-9-64(8)50-42-34-26-19-20-28-37-45-53-70(75)87-66(58-82-69(74)52-44-36-29-21-24-32-40-48-62(4)5)59-85-89(77,78)83-55-65(72)56-84-90(79,80)86-60-67(88-71(76)54-46-38-30-22-25-33-41-49-63(6)7)57-81-68(73)51-43-35-27-18-16-14-12-10-11-13-15-17-23-31-39-47-61(2)3/h61-67,72H,9-60H2,1-8H3,(H,77,78)(H,79,80)/t64?,65?,66-,67-/m1/s1. The van der Waals surface area contributed by atoms with E-state index >= 15 is 0 Å². The number of unbranched alkanes of at least 4 members (excludes halogenated alkanes) is 33. The smallest absolute Gasteiger partial charge is 0.462 e. The van der Waals surface area contributed by atoms with E-state index in [1.165, 1.54) is 148 Å². The first kappa shape index (κ1) is 88.1. The highest BCUT2D eigenvalue weighted by molar-refractivity contribution is 7.47. The molecule has 0 fully saturated rings. The summed E-state index contributed by atoms with van der Waals surface area (Å²) in [5, 5.41) is 10.6. The third-order valence-corrected chi connectivity index (χ3v) is 18.6. The summed E-state index contributed by atoms with van der Waals surface area (Å²) >= 11 is 0. The highest BCUT2D eigenvalue weighted by Crippen LogP contribution is 2.45. The molecule has 0 aliphatic rings. The van der Waals surface area contributed by atoms with Crippen LogP contribution in [0.25, 0.3) is 0 Å². The van der Waals surface area contributed by atoms with E-state index < -0.39 is 97.5 Å². The SMILES string of the molecule is CCC(C)CCCCCCCCCCC(=O)O[C@H](COC(=O)CCCCCCCCCC(C)C)COP(=O)(O)OCC(O)COP(=O)(O)OC[C@@H](COC(=O)CCCCCCCCCCCCCCCCCC(C)C)OC(=O)CCCCCCCCCC(C)C. The zero-order chi connectivity index (χ0) is 66.8. The molecule has 0 heterocycles. The molecule has 4 unspecified atom stereocenters. The molecule has 3 N–H and O–H groups in total. The Morgan fingerprint density at radius 1 is 0.311 bits per heavy atom. The summed E-state index contributed by atoms with van der Waals surface area (Å²) < 4.78 is 68.3. The van der Waals surface area contributed by atoms with Gasteiger partial charge in [-0.1, -0.05) is 299 Å². The van der Waals surface area contributed by atoms with Crippen LogP contribution >= 0.6 is 15.6 Å². The van der Waals surface area contributed by atoms with Gasteiger partial charge in [0.15, 0.2) is 12.2 Å². The molecule has 6 atom stereocenters. The van der Waals surface area contributed by atoms with Crippen LogP contribution in [0.1, 0.15) is 351 Å². The van der Waals surface area contributed by atoms with Gasteiger partial charge in [0.1, 0.15) is 19.3 Å². The van der Waals surface area contributed by atoms with Gasteiger partial charge >= 0.3 is 39.5 Å². The molecule has 90 heavy (non-hydrogen) atoms. The predicted octanol–water partition coefficient (Wildman–Crippen LogP) is 20.1. The van der Waals surface area contributed by atoms with Crippen LogP contribution < -0.4 is 0 Å². The molecular formula is C71H138O17P2. The number of carbonyl (C=O) groups excluding carboxylic acids is 4. The van der Waals surface area contributed by atoms with E-state index in [0.29, 0.717) is 37.5 Å². The number of carbonyl (C=O) groups is 4. The molecule has 0 aliphatic heterocycles. The first-order valence-corrected chi connectivity index (χ1v) is 39.7. The van der Waals surface area contributed by atoms with Crippen molar-refractivity contribution in [2.45, 2.75) is 369 Å². The quantitative estimate of drug-likeness (QED) is 0.0222. The van der Waals surface area contributed by atoms with Crippen molar-refractivity contribution in [3.8, 4) is 0 Å². The zero-order valence-electron chi connectivity index (χ0n) is 58.8. The maximum absolute atomic E-state index is 13.0. The van der Waals surface area contributed by atoms with Crippen molar-refractivity contribution in [3.05, 3.63) is 0 Å². The number of rotatable bonds is 68. The second-order valence-electron chi connectivity index (χ2n) is 27.3. The molecule has 0 aromatic heterocycles. The van der Waals surface area contributed by atoms with Gasteiger partial charge in [-0.25, -0.2) is 9.13 Å². The van der Waals surface area contributed by atoms with Gasteiger partial charge in [-0.15, -0.1) is 0 Å². The normalized spacial score (nSPS) is 14.6. The molecule has 0 aromatic rings. The third-order valence-electron chi connectivity index (χ3n) is 16.7. The van der Waals surface area contributed by atoms with Crippen LogP contribution in [0.3, 0.4) is 0 Å². The van der Waals surface area contributed by atoms with E-state index in [0.717, 1.165) is 108 Å². The van der Waals surface area contributed by atoms with Gasteiger partial charge in [0.2, 0.25) is 0 Å². The lowest BCUT2D eigenvalue weighted by molar-refractivity contribution is -0.161. The molecule has 0 rings (SSSR count). The number of hydrogen-bond acceptors (Lipinski definition) is 15. The van der Waals surface area contributed by atoms with Gasteiger partial charge in [-0.3, -0.25) is 37.3 Å². The van der Waals surface area contributed by atoms with Crippen LogP contribution in [-0.2, 0) is 65.4 Å². The Kier molecular flexibility index (Phi) is 59.4. The summed E-state index contributed by atoms with van der Waals surface area (Å²) in [6.45, 7) is 14.1. The van der Waals surface area contributed by atoms with Gasteiger partial charge in [-0.2, -0.15) is 0 Å². The number of esters is 4.